The minimum Gasteiger partial charge on any atom is -0.381 e. The summed E-state index contributed by atoms with van der Waals surface area (Å²) in [6, 6.07) is 3.68. The van der Waals surface area contributed by atoms with Gasteiger partial charge in [-0.15, -0.1) is 0 Å². The highest BCUT2D eigenvalue weighted by Gasteiger charge is 2.20. The van der Waals surface area contributed by atoms with Gasteiger partial charge in [0, 0.05) is 44.6 Å². The molecule has 21 heavy (non-hydrogen) atoms. The van der Waals surface area contributed by atoms with Crippen molar-refractivity contribution in [3.05, 3.63) is 23.4 Å². The normalized spacial score (nSPS) is 15.8. The number of carbonyl (C=O) groups excluding carboxylic acids is 1. The molecule has 1 fully saturated rings. The van der Waals surface area contributed by atoms with Gasteiger partial charge in [0.05, 0.1) is 0 Å². The van der Waals surface area contributed by atoms with E-state index in [1.54, 1.807) is 0 Å². The van der Waals surface area contributed by atoms with E-state index in [2.05, 4.69) is 10.3 Å². The number of nitrogens with one attached hydrogen (secondary N) is 1. The molecule has 5 heteroatoms. The van der Waals surface area contributed by atoms with E-state index in [1.807, 2.05) is 37.9 Å². The number of amides is 1. The van der Waals surface area contributed by atoms with E-state index in [-0.39, 0.29) is 5.91 Å². The van der Waals surface area contributed by atoms with Crippen LogP contribution in [0.15, 0.2) is 12.1 Å². The molecule has 116 valence electrons. The summed E-state index contributed by atoms with van der Waals surface area (Å²) in [5.41, 5.74) is 1.56. The Hall–Kier alpha value is -1.62. The fourth-order valence-corrected chi connectivity index (χ4v) is 2.68. The predicted molar refractivity (Wildman–Crippen MR) is 83.6 cm³/mol. The maximum Gasteiger partial charge on any atom is 0.253 e. The first-order chi connectivity index (χ1) is 10.1. The van der Waals surface area contributed by atoms with Crippen LogP contribution in [0.25, 0.3) is 0 Å². The van der Waals surface area contributed by atoms with Gasteiger partial charge in [-0.05, 0) is 44.7 Å². The van der Waals surface area contributed by atoms with Gasteiger partial charge in [-0.3, -0.25) is 4.79 Å². The van der Waals surface area contributed by atoms with Crippen molar-refractivity contribution in [3.63, 3.8) is 0 Å². The van der Waals surface area contributed by atoms with Crippen LogP contribution in [-0.2, 0) is 4.74 Å². The standard InChI is InChI=1S/C16H25N3O2/c1-4-17-15-10-14(9-12(2)18-15)16(20)19(3)11-13-5-7-21-8-6-13/h9-10,13H,4-8,11H2,1-3H3,(H,17,18). The van der Waals surface area contributed by atoms with Crippen molar-refractivity contribution in [2.24, 2.45) is 5.92 Å². The molecular weight excluding hydrogens is 266 g/mol. The first-order valence-electron chi connectivity index (χ1n) is 7.66. The van der Waals surface area contributed by atoms with E-state index >= 15 is 0 Å². The lowest BCUT2D eigenvalue weighted by Gasteiger charge is -2.27. The van der Waals surface area contributed by atoms with E-state index in [0.29, 0.717) is 11.5 Å². The van der Waals surface area contributed by atoms with Crippen molar-refractivity contribution in [1.82, 2.24) is 9.88 Å². The average Bonchev–Trinajstić information content (AvgIpc) is 2.47. The summed E-state index contributed by atoms with van der Waals surface area (Å²) in [4.78, 5) is 18.8. The lowest BCUT2D eigenvalue weighted by molar-refractivity contribution is 0.0497. The van der Waals surface area contributed by atoms with Gasteiger partial charge in [0.15, 0.2) is 0 Å². The number of hydrogen-bond acceptors (Lipinski definition) is 4. The molecule has 2 rings (SSSR count). The number of anilines is 1. The third-order valence-corrected chi connectivity index (χ3v) is 3.78. The molecule has 1 aliphatic heterocycles. The van der Waals surface area contributed by atoms with Crippen molar-refractivity contribution in [2.45, 2.75) is 26.7 Å². The van der Waals surface area contributed by atoms with E-state index in [1.165, 1.54) is 0 Å². The Morgan fingerprint density at radius 2 is 2.14 bits per heavy atom. The summed E-state index contributed by atoms with van der Waals surface area (Å²) in [5, 5.41) is 3.17. The minimum atomic E-state index is 0.0612. The maximum absolute atomic E-state index is 12.6. The molecule has 0 unspecified atom stereocenters. The summed E-state index contributed by atoms with van der Waals surface area (Å²) in [7, 11) is 1.88. The number of carbonyl (C=O) groups is 1. The third-order valence-electron chi connectivity index (χ3n) is 3.78. The number of aryl methyl sites for hydroxylation is 1. The van der Waals surface area contributed by atoms with Gasteiger partial charge in [-0.1, -0.05) is 0 Å². The lowest BCUT2D eigenvalue weighted by atomic mass is 9.99. The molecule has 2 heterocycles. The zero-order valence-corrected chi connectivity index (χ0v) is 13.2. The van der Waals surface area contributed by atoms with E-state index in [9.17, 15) is 4.79 Å². The van der Waals surface area contributed by atoms with Crippen LogP contribution >= 0.6 is 0 Å². The predicted octanol–water partition coefficient (Wildman–Crippen LogP) is 2.32. The Morgan fingerprint density at radius 3 is 2.81 bits per heavy atom. The quantitative estimate of drug-likeness (QED) is 0.904. The van der Waals surface area contributed by atoms with Crippen LogP contribution in [0.4, 0.5) is 5.82 Å². The summed E-state index contributed by atoms with van der Waals surface area (Å²) in [6.45, 7) is 7.14. The number of aromatic nitrogens is 1. The fraction of sp³-hybridized carbons (Fsp3) is 0.625. The van der Waals surface area contributed by atoms with Crippen molar-refractivity contribution in [2.75, 3.05) is 38.7 Å². The average molecular weight is 291 g/mol. The van der Waals surface area contributed by atoms with Crippen LogP contribution in [0.1, 0.15) is 35.8 Å². The number of ether oxygens (including phenoxy) is 1. The van der Waals surface area contributed by atoms with Gasteiger partial charge in [-0.2, -0.15) is 0 Å². The maximum atomic E-state index is 12.6. The zero-order valence-electron chi connectivity index (χ0n) is 13.2. The van der Waals surface area contributed by atoms with Gasteiger partial charge < -0.3 is 15.0 Å². The Balaban J connectivity index is 2.03. The second-order valence-electron chi connectivity index (χ2n) is 5.65. The van der Waals surface area contributed by atoms with Crippen LogP contribution in [0, 0.1) is 12.8 Å². The van der Waals surface area contributed by atoms with E-state index in [4.69, 9.17) is 4.74 Å². The monoisotopic (exact) mass is 291 g/mol. The van der Waals surface area contributed by atoms with Gasteiger partial charge in [0.25, 0.3) is 5.91 Å². The van der Waals surface area contributed by atoms with Crippen molar-refractivity contribution in [3.8, 4) is 0 Å². The summed E-state index contributed by atoms with van der Waals surface area (Å²) < 4.78 is 5.36. The van der Waals surface area contributed by atoms with E-state index < -0.39 is 0 Å². The zero-order chi connectivity index (χ0) is 15.2. The van der Waals surface area contributed by atoms with Gasteiger partial charge >= 0.3 is 0 Å². The number of rotatable bonds is 5. The van der Waals surface area contributed by atoms with Crippen molar-refractivity contribution < 1.29 is 9.53 Å². The second kappa shape index (κ2) is 7.41. The molecule has 0 bridgehead atoms. The smallest absolute Gasteiger partial charge is 0.253 e. The highest BCUT2D eigenvalue weighted by Crippen LogP contribution is 2.18. The molecule has 1 amide bonds. The molecule has 1 N–H and O–H groups in total. The fourth-order valence-electron chi connectivity index (χ4n) is 2.68. The molecule has 1 aromatic rings. The summed E-state index contributed by atoms with van der Waals surface area (Å²) in [6.07, 6.45) is 2.07. The lowest BCUT2D eigenvalue weighted by Crippen LogP contribution is -2.34. The molecule has 1 aliphatic rings. The van der Waals surface area contributed by atoms with Crippen LogP contribution in [0.5, 0.6) is 0 Å². The Morgan fingerprint density at radius 1 is 1.43 bits per heavy atom. The topological polar surface area (TPSA) is 54.5 Å². The number of nitrogens with zero attached hydrogens (tertiary/aromatic N) is 2. The highest BCUT2D eigenvalue weighted by atomic mass is 16.5. The Bertz CT molecular complexity index is 484. The molecule has 0 atom stereocenters. The SMILES string of the molecule is CCNc1cc(C(=O)N(C)CC2CCOCC2)cc(C)n1. The van der Waals surface area contributed by atoms with Crippen LogP contribution in [-0.4, -0.2) is 49.1 Å². The molecule has 1 aromatic heterocycles. The first kappa shape index (κ1) is 15.8. The van der Waals surface area contributed by atoms with Crippen molar-refractivity contribution >= 4 is 11.7 Å². The van der Waals surface area contributed by atoms with Gasteiger partial charge in [0.2, 0.25) is 0 Å². The largest absolute Gasteiger partial charge is 0.381 e. The summed E-state index contributed by atoms with van der Waals surface area (Å²) in [5.74, 6) is 1.37. The van der Waals surface area contributed by atoms with Gasteiger partial charge in [0.1, 0.15) is 5.82 Å². The Kier molecular flexibility index (Phi) is 5.56. The minimum absolute atomic E-state index is 0.0612. The van der Waals surface area contributed by atoms with Crippen molar-refractivity contribution in [1.29, 1.82) is 0 Å². The molecule has 0 spiro atoms. The molecule has 0 aliphatic carbocycles. The molecule has 0 saturated carbocycles. The first-order valence-corrected chi connectivity index (χ1v) is 7.66. The Labute approximate surface area is 126 Å². The highest BCUT2D eigenvalue weighted by molar-refractivity contribution is 5.94. The van der Waals surface area contributed by atoms with Gasteiger partial charge in [-0.25, -0.2) is 4.98 Å². The molecule has 1 saturated heterocycles. The number of hydrogen-bond donors (Lipinski definition) is 1. The van der Waals surface area contributed by atoms with Crippen LogP contribution < -0.4 is 5.32 Å². The van der Waals surface area contributed by atoms with E-state index in [0.717, 1.165) is 50.7 Å². The third kappa shape index (κ3) is 4.43. The molecule has 5 nitrogen and oxygen atoms in total. The molecule has 0 aromatic carbocycles. The van der Waals surface area contributed by atoms with Crippen LogP contribution in [0.2, 0.25) is 0 Å². The second-order valence-corrected chi connectivity index (χ2v) is 5.65. The molecular formula is C16H25N3O2. The molecule has 0 radical (unpaired) electrons. The van der Waals surface area contributed by atoms with Crippen LogP contribution in [0.3, 0.4) is 0 Å². The summed E-state index contributed by atoms with van der Waals surface area (Å²) >= 11 is 0. The number of pyridine rings is 1.